The van der Waals surface area contributed by atoms with E-state index in [-0.39, 0.29) is 5.91 Å². The fraction of sp³-hybridized carbons (Fsp3) is 0.588. The van der Waals surface area contributed by atoms with Gasteiger partial charge in [0.15, 0.2) is 0 Å². The molecule has 0 unspecified atom stereocenters. The van der Waals surface area contributed by atoms with E-state index in [1.54, 1.807) is 14.2 Å². The molecule has 0 aliphatic carbocycles. The summed E-state index contributed by atoms with van der Waals surface area (Å²) in [5.74, 6) is 1.73. The maximum atomic E-state index is 12.2. The summed E-state index contributed by atoms with van der Waals surface area (Å²) < 4.78 is 10.3. The third-order valence-corrected chi connectivity index (χ3v) is 4.16. The second kappa shape index (κ2) is 8.03. The highest BCUT2D eigenvalue weighted by Crippen LogP contribution is 2.19. The number of carbonyl (C=O) groups excluding carboxylic acids is 1. The molecule has 4 heteroatoms. The van der Waals surface area contributed by atoms with Gasteiger partial charge in [0.05, 0.1) is 7.11 Å². The molecule has 1 saturated heterocycles. The van der Waals surface area contributed by atoms with Crippen molar-refractivity contribution in [2.75, 3.05) is 33.9 Å². The van der Waals surface area contributed by atoms with Gasteiger partial charge in [-0.1, -0.05) is 12.1 Å². The average molecular weight is 291 g/mol. The fourth-order valence-electron chi connectivity index (χ4n) is 2.79. The Bertz CT molecular complexity index is 436. The van der Waals surface area contributed by atoms with Gasteiger partial charge in [-0.15, -0.1) is 0 Å². The lowest BCUT2D eigenvalue weighted by Gasteiger charge is -2.31. The highest BCUT2D eigenvalue weighted by Gasteiger charge is 2.22. The number of carbonyl (C=O) groups is 1. The molecular weight excluding hydrogens is 266 g/mol. The first kappa shape index (κ1) is 15.8. The van der Waals surface area contributed by atoms with E-state index in [0.29, 0.717) is 12.3 Å². The number of hydrogen-bond donors (Lipinski definition) is 0. The van der Waals surface area contributed by atoms with Gasteiger partial charge < -0.3 is 14.4 Å². The van der Waals surface area contributed by atoms with Gasteiger partial charge in [0.25, 0.3) is 0 Å². The van der Waals surface area contributed by atoms with Gasteiger partial charge in [-0.05, 0) is 42.9 Å². The summed E-state index contributed by atoms with van der Waals surface area (Å²) in [7, 11) is 3.40. The maximum Gasteiger partial charge on any atom is 0.222 e. The molecule has 1 aliphatic rings. The van der Waals surface area contributed by atoms with Crippen LogP contribution in [0.1, 0.15) is 24.8 Å². The van der Waals surface area contributed by atoms with Crippen LogP contribution in [0.4, 0.5) is 0 Å². The van der Waals surface area contributed by atoms with E-state index in [1.165, 1.54) is 5.56 Å². The number of amides is 1. The number of nitrogens with zero attached hydrogens (tertiary/aromatic N) is 1. The van der Waals surface area contributed by atoms with Crippen LogP contribution in [0.5, 0.6) is 5.75 Å². The van der Waals surface area contributed by atoms with E-state index >= 15 is 0 Å². The quantitative estimate of drug-likeness (QED) is 0.808. The van der Waals surface area contributed by atoms with Crippen LogP contribution in [-0.2, 0) is 16.0 Å². The molecular formula is C17H25NO3. The summed E-state index contributed by atoms with van der Waals surface area (Å²) in [4.78, 5) is 14.2. The summed E-state index contributed by atoms with van der Waals surface area (Å²) in [6.07, 6.45) is 3.49. The molecule has 0 aromatic heterocycles. The summed E-state index contributed by atoms with van der Waals surface area (Å²) in [6, 6.07) is 7.93. The monoisotopic (exact) mass is 291 g/mol. The third-order valence-electron chi connectivity index (χ3n) is 4.16. The summed E-state index contributed by atoms with van der Waals surface area (Å²) in [5, 5.41) is 0. The van der Waals surface area contributed by atoms with Crippen LogP contribution >= 0.6 is 0 Å². The predicted octanol–water partition coefficient (Wildman–Crippen LogP) is 2.51. The van der Waals surface area contributed by atoms with Gasteiger partial charge in [0.1, 0.15) is 5.75 Å². The minimum atomic E-state index is 0.265. The first-order chi connectivity index (χ1) is 10.2. The highest BCUT2D eigenvalue weighted by atomic mass is 16.5. The minimum absolute atomic E-state index is 0.265. The SMILES string of the molecule is COCC1CCN(C(=O)CCc2ccc(OC)cc2)CC1. The molecule has 21 heavy (non-hydrogen) atoms. The Morgan fingerprint density at radius 3 is 2.43 bits per heavy atom. The van der Waals surface area contributed by atoms with E-state index < -0.39 is 0 Å². The Morgan fingerprint density at radius 2 is 1.86 bits per heavy atom. The summed E-state index contributed by atoms with van der Waals surface area (Å²) in [5.41, 5.74) is 1.18. The van der Waals surface area contributed by atoms with Crippen molar-refractivity contribution >= 4 is 5.91 Å². The highest BCUT2D eigenvalue weighted by molar-refractivity contribution is 5.76. The van der Waals surface area contributed by atoms with Crippen LogP contribution in [-0.4, -0.2) is 44.7 Å². The molecule has 1 amide bonds. The molecule has 0 bridgehead atoms. The smallest absolute Gasteiger partial charge is 0.222 e. The fourth-order valence-corrected chi connectivity index (χ4v) is 2.79. The van der Waals surface area contributed by atoms with Gasteiger partial charge in [-0.25, -0.2) is 0 Å². The van der Waals surface area contributed by atoms with Crippen molar-refractivity contribution in [3.05, 3.63) is 29.8 Å². The zero-order valence-electron chi connectivity index (χ0n) is 13.0. The predicted molar refractivity (Wildman–Crippen MR) is 82.5 cm³/mol. The van der Waals surface area contributed by atoms with Crippen LogP contribution in [0, 0.1) is 5.92 Å². The van der Waals surface area contributed by atoms with E-state index in [1.807, 2.05) is 29.2 Å². The first-order valence-electron chi connectivity index (χ1n) is 7.62. The third kappa shape index (κ3) is 4.74. The van der Waals surface area contributed by atoms with Crippen LogP contribution in [0.15, 0.2) is 24.3 Å². The van der Waals surface area contributed by atoms with E-state index in [9.17, 15) is 4.79 Å². The van der Waals surface area contributed by atoms with E-state index in [0.717, 1.165) is 44.7 Å². The lowest BCUT2D eigenvalue weighted by Crippen LogP contribution is -2.39. The van der Waals surface area contributed by atoms with Crippen molar-refractivity contribution in [2.24, 2.45) is 5.92 Å². The largest absolute Gasteiger partial charge is 0.497 e. The normalized spacial score (nSPS) is 16.0. The molecule has 4 nitrogen and oxygen atoms in total. The van der Waals surface area contributed by atoms with Gasteiger partial charge >= 0.3 is 0 Å². The molecule has 0 radical (unpaired) electrons. The van der Waals surface area contributed by atoms with Crippen molar-refractivity contribution in [1.29, 1.82) is 0 Å². The minimum Gasteiger partial charge on any atom is -0.497 e. The van der Waals surface area contributed by atoms with E-state index in [2.05, 4.69) is 0 Å². The average Bonchev–Trinajstić information content (AvgIpc) is 2.54. The molecule has 1 heterocycles. The van der Waals surface area contributed by atoms with Crippen molar-refractivity contribution in [1.82, 2.24) is 4.90 Å². The Hall–Kier alpha value is -1.55. The molecule has 0 atom stereocenters. The number of aryl methyl sites for hydroxylation is 1. The lowest BCUT2D eigenvalue weighted by molar-refractivity contribution is -0.132. The van der Waals surface area contributed by atoms with Gasteiger partial charge in [-0.3, -0.25) is 4.79 Å². The Balaban J connectivity index is 1.74. The summed E-state index contributed by atoms with van der Waals surface area (Å²) >= 11 is 0. The topological polar surface area (TPSA) is 38.8 Å². The standard InChI is InChI=1S/C17H25NO3/c1-20-13-15-9-11-18(12-10-15)17(19)8-5-14-3-6-16(21-2)7-4-14/h3-4,6-7,15H,5,8-13H2,1-2H3. The van der Waals surface area contributed by atoms with Crippen molar-refractivity contribution in [3.63, 3.8) is 0 Å². The van der Waals surface area contributed by atoms with E-state index in [4.69, 9.17) is 9.47 Å². The summed E-state index contributed by atoms with van der Waals surface area (Å²) in [6.45, 7) is 2.55. The number of rotatable bonds is 6. The second-order valence-corrected chi connectivity index (χ2v) is 5.63. The van der Waals surface area contributed by atoms with Crippen LogP contribution in [0.3, 0.4) is 0 Å². The molecule has 1 fully saturated rings. The molecule has 2 rings (SSSR count). The van der Waals surface area contributed by atoms with Crippen LogP contribution < -0.4 is 4.74 Å². The van der Waals surface area contributed by atoms with Crippen molar-refractivity contribution < 1.29 is 14.3 Å². The van der Waals surface area contributed by atoms with Gasteiger partial charge in [-0.2, -0.15) is 0 Å². The molecule has 0 saturated carbocycles. The zero-order valence-corrected chi connectivity index (χ0v) is 13.0. The van der Waals surface area contributed by atoms with Crippen molar-refractivity contribution in [3.8, 4) is 5.75 Å². The lowest BCUT2D eigenvalue weighted by atomic mass is 9.97. The second-order valence-electron chi connectivity index (χ2n) is 5.63. The molecule has 116 valence electrons. The number of benzene rings is 1. The van der Waals surface area contributed by atoms with Crippen molar-refractivity contribution in [2.45, 2.75) is 25.7 Å². The van der Waals surface area contributed by atoms with Crippen LogP contribution in [0.2, 0.25) is 0 Å². The number of hydrogen-bond acceptors (Lipinski definition) is 3. The molecule has 0 N–H and O–H groups in total. The first-order valence-corrected chi connectivity index (χ1v) is 7.62. The number of piperidine rings is 1. The Labute approximate surface area is 127 Å². The number of methoxy groups -OCH3 is 2. The molecule has 0 spiro atoms. The molecule has 1 aromatic rings. The molecule has 1 aliphatic heterocycles. The Kier molecular flexibility index (Phi) is 6.05. The molecule has 1 aromatic carbocycles. The Morgan fingerprint density at radius 1 is 1.19 bits per heavy atom. The van der Waals surface area contributed by atoms with Crippen LogP contribution in [0.25, 0.3) is 0 Å². The maximum absolute atomic E-state index is 12.2. The number of likely N-dealkylation sites (tertiary alicyclic amines) is 1. The zero-order chi connectivity index (χ0) is 15.1. The van der Waals surface area contributed by atoms with Gasteiger partial charge in [0.2, 0.25) is 5.91 Å². The number of ether oxygens (including phenoxy) is 2. The van der Waals surface area contributed by atoms with Gasteiger partial charge in [0, 0.05) is 33.2 Å².